The Labute approximate surface area is 118 Å². The molecular weight excluding hydrogens is 266 g/mol. The van der Waals surface area contributed by atoms with E-state index in [1.807, 2.05) is 0 Å². The number of hydrogen-bond acceptors (Lipinski definition) is 3. The first-order chi connectivity index (χ1) is 8.61. The molecule has 98 valence electrons. The Hall–Kier alpha value is -0.780. The molecule has 1 aliphatic rings. The Balaban J connectivity index is 0.000000225. The van der Waals surface area contributed by atoms with Gasteiger partial charge in [0.05, 0.1) is 0 Å². The quantitative estimate of drug-likeness (QED) is 0.731. The molecule has 1 aliphatic heterocycles. The predicted octanol–water partition coefficient (Wildman–Crippen LogP) is 2.59. The largest absolute Gasteiger partial charge is 0.317 e. The summed E-state index contributed by atoms with van der Waals surface area (Å²) in [5.74, 6) is 0. The average Bonchev–Trinajstić information content (AvgIpc) is 2.41. The van der Waals surface area contributed by atoms with Crippen LogP contribution in [0.5, 0.6) is 0 Å². The van der Waals surface area contributed by atoms with Crippen molar-refractivity contribution in [2.24, 2.45) is 0 Å². The topological polar surface area (TPSA) is 46.2 Å². The van der Waals surface area contributed by atoms with Crippen LogP contribution in [0.15, 0.2) is 24.3 Å². The summed E-state index contributed by atoms with van der Waals surface area (Å²) in [7, 11) is 0. The van der Waals surface area contributed by atoms with Gasteiger partial charge in [-0.05, 0) is 50.2 Å². The number of nitrogens with one attached hydrogen (secondary N) is 1. The zero-order valence-electron chi connectivity index (χ0n) is 10.1. The number of rotatable bonds is 2. The Morgan fingerprint density at radius 2 is 1.22 bits per heavy atom. The summed E-state index contributed by atoms with van der Waals surface area (Å²) in [4.78, 5) is 21.4. The molecule has 1 N–H and O–H groups in total. The highest BCUT2D eigenvalue weighted by Gasteiger charge is 2.02. The molecule has 0 aliphatic carbocycles. The second-order valence-corrected chi connectivity index (χ2v) is 4.81. The molecule has 0 bridgehead atoms. The van der Waals surface area contributed by atoms with E-state index in [1.165, 1.54) is 32.4 Å². The minimum absolute atomic E-state index is 0.312. The van der Waals surface area contributed by atoms with Gasteiger partial charge in [0.2, 0.25) is 10.2 Å². The van der Waals surface area contributed by atoms with Gasteiger partial charge in [0.25, 0.3) is 0 Å². The molecule has 1 fully saturated rings. The molecule has 0 radical (unpaired) electrons. The highest BCUT2D eigenvalue weighted by molar-refractivity contribution is 7.97. The molecule has 0 amide bonds. The van der Waals surface area contributed by atoms with Crippen molar-refractivity contribution in [2.45, 2.75) is 19.3 Å². The van der Waals surface area contributed by atoms with Crippen LogP contribution in [0.2, 0.25) is 0 Å². The van der Waals surface area contributed by atoms with Gasteiger partial charge in [-0.15, -0.1) is 25.3 Å². The molecule has 0 spiro atoms. The maximum Gasteiger partial charge on any atom is 0.216 e. The molecule has 0 unspecified atom stereocenters. The standard InChI is InChI=1S/C8H6O2S2.C5H11N/c9-7(11)5-1-2-6(4-3-5)8(10)12;1-2-4-6-5-3-1/h1-4H,(H,9,11)(H,10,12);6H,1-5H2. The van der Waals surface area contributed by atoms with Gasteiger partial charge in [-0.3, -0.25) is 9.59 Å². The summed E-state index contributed by atoms with van der Waals surface area (Å²) in [6.45, 7) is 2.50. The number of piperidine rings is 1. The van der Waals surface area contributed by atoms with E-state index < -0.39 is 0 Å². The fourth-order valence-electron chi connectivity index (χ4n) is 1.56. The van der Waals surface area contributed by atoms with Gasteiger partial charge in [-0.25, -0.2) is 0 Å². The maximum absolute atomic E-state index is 10.7. The molecule has 0 saturated carbocycles. The molecule has 1 saturated heterocycles. The lowest BCUT2D eigenvalue weighted by molar-refractivity contribution is 0.108. The predicted molar refractivity (Wildman–Crippen MR) is 79.8 cm³/mol. The number of carbonyl (C=O) groups excluding carboxylic acids is 2. The number of thiol groups is 2. The summed E-state index contributed by atoms with van der Waals surface area (Å²) in [6.07, 6.45) is 4.22. The van der Waals surface area contributed by atoms with Crippen molar-refractivity contribution in [1.29, 1.82) is 0 Å². The maximum atomic E-state index is 10.7. The third kappa shape index (κ3) is 5.71. The van der Waals surface area contributed by atoms with Crippen LogP contribution in [0.4, 0.5) is 0 Å². The van der Waals surface area contributed by atoms with Gasteiger partial charge in [-0.1, -0.05) is 6.42 Å². The third-order valence-electron chi connectivity index (χ3n) is 2.59. The third-order valence-corrected chi connectivity index (χ3v) is 3.10. The van der Waals surface area contributed by atoms with Gasteiger partial charge in [0, 0.05) is 11.1 Å². The van der Waals surface area contributed by atoms with Crippen molar-refractivity contribution >= 4 is 35.5 Å². The fourth-order valence-corrected chi connectivity index (χ4v) is 1.86. The Kier molecular flexibility index (Phi) is 7.08. The summed E-state index contributed by atoms with van der Waals surface area (Å²) in [6, 6.07) is 6.16. The Morgan fingerprint density at radius 1 is 0.833 bits per heavy atom. The first kappa shape index (κ1) is 15.3. The van der Waals surface area contributed by atoms with E-state index >= 15 is 0 Å². The number of carbonyl (C=O) groups is 2. The number of benzene rings is 1. The van der Waals surface area contributed by atoms with Gasteiger partial charge in [-0.2, -0.15) is 0 Å². The van der Waals surface area contributed by atoms with Crippen LogP contribution < -0.4 is 5.32 Å². The van der Waals surface area contributed by atoms with Gasteiger partial charge >= 0.3 is 0 Å². The van der Waals surface area contributed by atoms with Crippen LogP contribution in [0.3, 0.4) is 0 Å². The average molecular weight is 283 g/mol. The zero-order chi connectivity index (χ0) is 13.4. The number of hydrogen-bond donors (Lipinski definition) is 3. The molecule has 3 nitrogen and oxygen atoms in total. The van der Waals surface area contributed by atoms with Crippen molar-refractivity contribution in [1.82, 2.24) is 5.32 Å². The Morgan fingerprint density at radius 3 is 1.39 bits per heavy atom. The minimum Gasteiger partial charge on any atom is -0.317 e. The molecular formula is C13H17NO2S2. The van der Waals surface area contributed by atoms with Crippen LogP contribution >= 0.6 is 25.3 Å². The van der Waals surface area contributed by atoms with Crippen molar-refractivity contribution in [3.05, 3.63) is 35.4 Å². The molecule has 1 aromatic rings. The smallest absolute Gasteiger partial charge is 0.216 e. The van der Waals surface area contributed by atoms with Crippen LogP contribution in [0, 0.1) is 0 Å². The van der Waals surface area contributed by atoms with E-state index in [2.05, 4.69) is 30.6 Å². The molecule has 0 atom stereocenters. The van der Waals surface area contributed by atoms with Crippen molar-refractivity contribution in [3.63, 3.8) is 0 Å². The van der Waals surface area contributed by atoms with Crippen LogP contribution in [0.1, 0.15) is 40.0 Å². The Bertz CT molecular complexity index is 355. The van der Waals surface area contributed by atoms with Crippen LogP contribution in [-0.4, -0.2) is 23.3 Å². The second kappa shape index (κ2) is 8.34. The lowest BCUT2D eigenvalue weighted by Gasteiger charge is -2.08. The lowest BCUT2D eigenvalue weighted by Crippen LogP contribution is -2.21. The van der Waals surface area contributed by atoms with Gasteiger partial charge in [0.15, 0.2) is 0 Å². The summed E-state index contributed by atoms with van der Waals surface area (Å²) in [5, 5.41) is 2.66. The van der Waals surface area contributed by atoms with Crippen molar-refractivity contribution in [3.8, 4) is 0 Å². The molecule has 5 heteroatoms. The van der Waals surface area contributed by atoms with Crippen molar-refractivity contribution < 1.29 is 9.59 Å². The van der Waals surface area contributed by atoms with Crippen LogP contribution in [-0.2, 0) is 0 Å². The van der Waals surface area contributed by atoms with E-state index in [0.717, 1.165) is 0 Å². The van der Waals surface area contributed by atoms with Gasteiger partial charge in [0.1, 0.15) is 0 Å². The molecule has 1 aromatic carbocycles. The normalized spacial score (nSPS) is 14.3. The SMILES string of the molecule is C1CCNCC1.O=C(S)c1ccc(C(=O)S)cc1. The first-order valence-corrected chi connectivity index (χ1v) is 6.78. The molecule has 0 aromatic heterocycles. The van der Waals surface area contributed by atoms with E-state index in [1.54, 1.807) is 24.3 Å². The summed E-state index contributed by atoms with van der Waals surface area (Å²) >= 11 is 7.26. The lowest BCUT2D eigenvalue weighted by atomic mass is 10.2. The minimum atomic E-state index is -0.312. The second-order valence-electron chi connectivity index (χ2n) is 4.00. The highest BCUT2D eigenvalue weighted by atomic mass is 32.1. The summed E-state index contributed by atoms with van der Waals surface area (Å²) in [5.41, 5.74) is 0.938. The van der Waals surface area contributed by atoms with E-state index in [9.17, 15) is 9.59 Å². The summed E-state index contributed by atoms with van der Waals surface area (Å²) < 4.78 is 0. The fraction of sp³-hybridized carbons (Fsp3) is 0.385. The van der Waals surface area contributed by atoms with E-state index in [0.29, 0.717) is 11.1 Å². The zero-order valence-corrected chi connectivity index (χ0v) is 11.8. The first-order valence-electron chi connectivity index (χ1n) is 5.88. The van der Waals surface area contributed by atoms with Crippen molar-refractivity contribution in [2.75, 3.05) is 13.1 Å². The molecule has 1 heterocycles. The molecule has 18 heavy (non-hydrogen) atoms. The molecule has 2 rings (SSSR count). The van der Waals surface area contributed by atoms with E-state index in [-0.39, 0.29) is 10.2 Å². The van der Waals surface area contributed by atoms with Crippen LogP contribution in [0.25, 0.3) is 0 Å². The van der Waals surface area contributed by atoms with E-state index in [4.69, 9.17) is 0 Å². The highest BCUT2D eigenvalue weighted by Crippen LogP contribution is 2.08. The monoisotopic (exact) mass is 283 g/mol. The van der Waals surface area contributed by atoms with Gasteiger partial charge < -0.3 is 5.32 Å².